The minimum Gasteiger partial charge on any atom is -0.473 e. The van der Waals surface area contributed by atoms with Crippen LogP contribution < -0.4 is 5.73 Å². The van der Waals surface area contributed by atoms with Gasteiger partial charge in [-0.1, -0.05) is 0 Å². The number of carbonyl (C=O) groups is 4. The Morgan fingerprint density at radius 3 is 2.04 bits per heavy atom. The molecule has 25 heavy (non-hydrogen) atoms. The van der Waals surface area contributed by atoms with Gasteiger partial charge in [0.15, 0.2) is 0 Å². The Hall–Kier alpha value is -2.36. The van der Waals surface area contributed by atoms with Gasteiger partial charge in [-0.25, -0.2) is 19.2 Å². The number of carboxylic acids is 2. The van der Waals surface area contributed by atoms with Gasteiger partial charge in [-0.15, -0.1) is 0 Å². The Morgan fingerprint density at radius 1 is 1.12 bits per heavy atom. The molecule has 1 aliphatic rings. The highest BCUT2D eigenvalue weighted by molar-refractivity contribution is 6.27. The monoisotopic (exact) mass is 362 g/mol. The van der Waals surface area contributed by atoms with Crippen molar-refractivity contribution in [1.82, 2.24) is 4.90 Å². The smallest absolute Gasteiger partial charge is 0.414 e. The maximum Gasteiger partial charge on any atom is 0.414 e. The quantitative estimate of drug-likeness (QED) is 0.468. The third-order valence-electron chi connectivity index (χ3n) is 2.99. The highest BCUT2D eigenvalue weighted by atomic mass is 16.6. The van der Waals surface area contributed by atoms with Gasteiger partial charge in [0.2, 0.25) is 0 Å². The Labute approximate surface area is 145 Å². The summed E-state index contributed by atoms with van der Waals surface area (Å²) in [4.78, 5) is 43.6. The van der Waals surface area contributed by atoms with Gasteiger partial charge >= 0.3 is 24.0 Å². The predicted octanol–water partition coefficient (Wildman–Crippen LogP) is 0.432. The molecule has 1 amide bonds. The Bertz CT molecular complexity index is 488. The van der Waals surface area contributed by atoms with Crippen LogP contribution in [0.15, 0.2) is 0 Å². The predicted molar refractivity (Wildman–Crippen MR) is 85.8 cm³/mol. The zero-order chi connectivity index (χ0) is 19.8. The van der Waals surface area contributed by atoms with Gasteiger partial charge in [-0.3, -0.25) is 4.90 Å². The molecule has 0 unspecified atom stereocenters. The maximum absolute atomic E-state index is 12.1. The second-order valence-electron chi connectivity index (χ2n) is 6.35. The molecule has 0 radical (unpaired) electrons. The average molecular weight is 362 g/mol. The lowest BCUT2D eigenvalue weighted by Crippen LogP contribution is -2.55. The van der Waals surface area contributed by atoms with E-state index < -0.39 is 29.7 Å². The van der Waals surface area contributed by atoms with Crippen LogP contribution in [0.4, 0.5) is 4.79 Å². The van der Waals surface area contributed by atoms with Crippen molar-refractivity contribution in [3.63, 3.8) is 0 Å². The summed E-state index contributed by atoms with van der Waals surface area (Å²) >= 11 is 0. The lowest BCUT2D eigenvalue weighted by Gasteiger charge is -2.37. The van der Waals surface area contributed by atoms with Crippen molar-refractivity contribution in [2.24, 2.45) is 5.73 Å². The van der Waals surface area contributed by atoms with Crippen LogP contribution in [0.1, 0.15) is 40.5 Å². The molecule has 1 heterocycles. The van der Waals surface area contributed by atoms with E-state index in [1.54, 1.807) is 27.7 Å². The molecule has 0 aromatic rings. The lowest BCUT2D eigenvalue weighted by molar-refractivity contribution is -0.159. The SMILES string of the molecule is CCOC(=O)[C@@H]1CC[C@@H](N)CN1C(=O)OC(C)(C)C.O=C(O)C(=O)O. The highest BCUT2D eigenvalue weighted by Crippen LogP contribution is 2.21. The molecular weight excluding hydrogens is 336 g/mol. The number of carboxylic acid groups (broad SMARTS) is 2. The fraction of sp³-hybridized carbons (Fsp3) is 0.733. The molecule has 0 aromatic carbocycles. The molecule has 144 valence electrons. The Balaban J connectivity index is 0.000000823. The van der Waals surface area contributed by atoms with Crippen LogP contribution in [0.25, 0.3) is 0 Å². The number of hydrogen-bond acceptors (Lipinski definition) is 7. The first kappa shape index (κ1) is 22.6. The fourth-order valence-corrected chi connectivity index (χ4v) is 2.00. The van der Waals surface area contributed by atoms with E-state index in [0.29, 0.717) is 26.0 Å². The fourth-order valence-electron chi connectivity index (χ4n) is 2.00. The minimum atomic E-state index is -1.82. The van der Waals surface area contributed by atoms with Crippen molar-refractivity contribution in [1.29, 1.82) is 0 Å². The highest BCUT2D eigenvalue weighted by Gasteiger charge is 2.37. The van der Waals surface area contributed by atoms with E-state index in [1.165, 1.54) is 4.90 Å². The maximum atomic E-state index is 12.1. The van der Waals surface area contributed by atoms with Crippen LogP contribution in [-0.2, 0) is 23.9 Å². The van der Waals surface area contributed by atoms with Crippen molar-refractivity contribution in [2.75, 3.05) is 13.2 Å². The Morgan fingerprint density at radius 2 is 1.64 bits per heavy atom. The number of ether oxygens (including phenoxy) is 2. The van der Waals surface area contributed by atoms with Crippen molar-refractivity contribution >= 4 is 24.0 Å². The third kappa shape index (κ3) is 8.89. The largest absolute Gasteiger partial charge is 0.473 e. The normalized spacial score (nSPS) is 20.0. The number of amides is 1. The van der Waals surface area contributed by atoms with Crippen LogP contribution in [0.2, 0.25) is 0 Å². The number of hydrogen-bond donors (Lipinski definition) is 3. The summed E-state index contributed by atoms with van der Waals surface area (Å²) in [5, 5.41) is 14.8. The van der Waals surface area contributed by atoms with Gasteiger partial charge in [-0.2, -0.15) is 0 Å². The molecular formula is C15H26N2O8. The van der Waals surface area contributed by atoms with E-state index in [-0.39, 0.29) is 12.0 Å². The van der Waals surface area contributed by atoms with Gasteiger partial charge in [0.1, 0.15) is 11.6 Å². The number of nitrogens with zero attached hydrogens (tertiary/aromatic N) is 1. The molecule has 0 bridgehead atoms. The molecule has 1 aliphatic heterocycles. The summed E-state index contributed by atoms with van der Waals surface area (Å²) in [7, 11) is 0. The molecule has 0 saturated carbocycles. The first-order valence-electron chi connectivity index (χ1n) is 7.77. The summed E-state index contributed by atoms with van der Waals surface area (Å²) < 4.78 is 10.3. The molecule has 10 nitrogen and oxygen atoms in total. The molecule has 1 rings (SSSR count). The molecule has 0 aromatic heterocycles. The van der Waals surface area contributed by atoms with Gasteiger partial charge in [0.25, 0.3) is 0 Å². The topological polar surface area (TPSA) is 156 Å². The summed E-state index contributed by atoms with van der Waals surface area (Å²) in [6, 6.07) is -0.715. The molecule has 10 heteroatoms. The van der Waals surface area contributed by atoms with E-state index in [4.69, 9.17) is 35.0 Å². The van der Waals surface area contributed by atoms with Crippen molar-refractivity contribution < 1.29 is 38.9 Å². The second kappa shape index (κ2) is 9.82. The van der Waals surface area contributed by atoms with Crippen LogP contribution in [-0.4, -0.2) is 70.0 Å². The van der Waals surface area contributed by atoms with Crippen molar-refractivity contribution in [2.45, 2.75) is 58.2 Å². The molecule has 1 saturated heterocycles. The third-order valence-corrected chi connectivity index (χ3v) is 2.99. The van der Waals surface area contributed by atoms with Crippen molar-refractivity contribution in [3.8, 4) is 0 Å². The summed E-state index contributed by atoms with van der Waals surface area (Å²) in [6.45, 7) is 7.71. The van der Waals surface area contributed by atoms with Crippen LogP contribution in [0.3, 0.4) is 0 Å². The van der Waals surface area contributed by atoms with E-state index in [2.05, 4.69) is 0 Å². The summed E-state index contributed by atoms with van der Waals surface area (Å²) in [5.74, 6) is -4.04. The van der Waals surface area contributed by atoms with E-state index >= 15 is 0 Å². The van der Waals surface area contributed by atoms with Crippen LogP contribution in [0, 0.1) is 0 Å². The molecule has 4 N–H and O–H groups in total. The van der Waals surface area contributed by atoms with E-state index in [1.807, 2.05) is 0 Å². The summed E-state index contributed by atoms with van der Waals surface area (Å²) in [6.07, 6.45) is 0.697. The van der Waals surface area contributed by atoms with Crippen LogP contribution >= 0.6 is 0 Å². The van der Waals surface area contributed by atoms with E-state index in [9.17, 15) is 9.59 Å². The number of nitrogens with two attached hydrogens (primary N) is 1. The number of rotatable bonds is 2. The number of esters is 1. The first-order chi connectivity index (χ1) is 11.4. The molecule has 0 aliphatic carbocycles. The lowest BCUT2D eigenvalue weighted by atomic mass is 9.99. The second-order valence-corrected chi connectivity index (χ2v) is 6.35. The molecule has 2 atom stereocenters. The molecule has 0 spiro atoms. The number of carbonyl (C=O) groups excluding carboxylic acids is 2. The zero-order valence-electron chi connectivity index (χ0n) is 14.9. The number of piperidine rings is 1. The van der Waals surface area contributed by atoms with Gasteiger partial charge < -0.3 is 25.4 Å². The van der Waals surface area contributed by atoms with Gasteiger partial charge in [0.05, 0.1) is 6.61 Å². The number of likely N-dealkylation sites (tertiary alicyclic amines) is 1. The van der Waals surface area contributed by atoms with Gasteiger partial charge in [0, 0.05) is 12.6 Å². The average Bonchev–Trinajstić information content (AvgIpc) is 2.46. The molecule has 1 fully saturated rings. The Kier molecular flexibility index (Phi) is 8.89. The minimum absolute atomic E-state index is 0.127. The standard InChI is InChI=1S/C13H24N2O4.C2H2O4/c1-5-18-11(16)10-7-6-9(14)8-15(10)12(17)19-13(2,3)4;3-1(4)2(5)6/h9-10H,5-8,14H2,1-4H3;(H,3,4)(H,5,6)/t9-,10+;/m1./s1. The first-order valence-corrected chi connectivity index (χ1v) is 7.77. The number of aliphatic carboxylic acids is 2. The van der Waals surface area contributed by atoms with Crippen LogP contribution in [0.5, 0.6) is 0 Å². The van der Waals surface area contributed by atoms with Crippen molar-refractivity contribution in [3.05, 3.63) is 0 Å². The van der Waals surface area contributed by atoms with Gasteiger partial charge in [-0.05, 0) is 40.5 Å². The van der Waals surface area contributed by atoms with E-state index in [0.717, 1.165) is 0 Å². The summed E-state index contributed by atoms with van der Waals surface area (Å²) in [5.41, 5.74) is 5.26. The zero-order valence-corrected chi connectivity index (χ0v) is 14.9.